The van der Waals surface area contributed by atoms with Crippen LogP contribution in [0, 0.1) is 0 Å². The van der Waals surface area contributed by atoms with E-state index in [2.05, 4.69) is 5.32 Å². The highest BCUT2D eigenvalue weighted by Crippen LogP contribution is 2.44. The lowest BCUT2D eigenvalue weighted by Gasteiger charge is -2.22. The lowest BCUT2D eigenvalue weighted by molar-refractivity contribution is -0.149. The minimum atomic E-state index is -1.22. The number of carbonyl (C=O) groups excluding carboxylic acids is 2. The Morgan fingerprint density at radius 2 is 1.67 bits per heavy atom. The molecular weight excluding hydrogens is 428 g/mol. The maximum atomic E-state index is 12.3. The Kier molecular flexibility index (Phi) is 6.62. The molecule has 4 N–H and O–H groups in total. The first-order valence-corrected chi connectivity index (χ1v) is 10.8. The van der Waals surface area contributed by atoms with Gasteiger partial charge in [-0.3, -0.25) is 4.79 Å². The Morgan fingerprint density at radius 3 is 2.27 bits per heavy atom. The number of amides is 2. The van der Waals surface area contributed by atoms with Gasteiger partial charge >= 0.3 is 12.1 Å². The maximum Gasteiger partial charge on any atom is 0.407 e. The normalized spacial score (nSPS) is 20.1. The third-order valence-corrected chi connectivity index (χ3v) is 6.12. The van der Waals surface area contributed by atoms with Gasteiger partial charge in [-0.2, -0.15) is 0 Å². The lowest BCUT2D eigenvalue weighted by atomic mass is 9.98. The summed E-state index contributed by atoms with van der Waals surface area (Å²) < 4.78 is 5.39. The number of hydrogen-bond acceptors (Lipinski definition) is 6. The standard InChI is InChI=1S/C24H26N2O7/c27-14(10-22(29)26-12-15(28)9-21(26)23(30)31)11-25-24(32)33-13-20-18-7-3-1-5-16(18)17-6-2-4-8-19(17)20/h1-8,14-15,20-21,27-28H,9-13H2,(H,25,32)(H,30,31). The van der Waals surface area contributed by atoms with Gasteiger partial charge in [0, 0.05) is 25.4 Å². The van der Waals surface area contributed by atoms with Gasteiger partial charge in [-0.15, -0.1) is 0 Å². The molecule has 9 nitrogen and oxygen atoms in total. The van der Waals surface area contributed by atoms with E-state index in [1.165, 1.54) is 0 Å². The number of carbonyl (C=O) groups is 3. The quantitative estimate of drug-likeness (QED) is 0.495. The van der Waals surface area contributed by atoms with Crippen molar-refractivity contribution in [2.75, 3.05) is 19.7 Å². The zero-order chi connectivity index (χ0) is 23.5. The molecule has 0 aromatic heterocycles. The molecule has 174 valence electrons. The van der Waals surface area contributed by atoms with Crippen molar-refractivity contribution >= 4 is 18.0 Å². The largest absolute Gasteiger partial charge is 0.480 e. The summed E-state index contributed by atoms with van der Waals surface area (Å²) in [5.74, 6) is -1.89. The van der Waals surface area contributed by atoms with Crippen molar-refractivity contribution in [2.24, 2.45) is 0 Å². The number of rotatable bonds is 7. The van der Waals surface area contributed by atoms with Crippen LogP contribution >= 0.6 is 0 Å². The molecule has 3 unspecified atom stereocenters. The van der Waals surface area contributed by atoms with E-state index >= 15 is 0 Å². The third-order valence-electron chi connectivity index (χ3n) is 6.12. The van der Waals surface area contributed by atoms with Crippen molar-refractivity contribution in [3.8, 4) is 11.1 Å². The minimum Gasteiger partial charge on any atom is -0.480 e. The molecule has 0 radical (unpaired) electrons. The molecule has 33 heavy (non-hydrogen) atoms. The number of fused-ring (bicyclic) bond motifs is 3. The van der Waals surface area contributed by atoms with Crippen LogP contribution < -0.4 is 5.32 Å². The summed E-state index contributed by atoms with van der Waals surface area (Å²) >= 11 is 0. The van der Waals surface area contributed by atoms with E-state index in [0.29, 0.717) is 0 Å². The predicted octanol–water partition coefficient (Wildman–Crippen LogP) is 1.32. The average Bonchev–Trinajstić information content (AvgIpc) is 3.35. The zero-order valence-electron chi connectivity index (χ0n) is 17.9. The van der Waals surface area contributed by atoms with Crippen molar-refractivity contribution in [2.45, 2.75) is 37.0 Å². The number of alkyl carbamates (subject to hydrolysis) is 1. The highest BCUT2D eigenvalue weighted by molar-refractivity contribution is 5.85. The van der Waals surface area contributed by atoms with Crippen molar-refractivity contribution in [3.05, 3.63) is 59.7 Å². The number of hydrogen-bond donors (Lipinski definition) is 4. The van der Waals surface area contributed by atoms with Crippen molar-refractivity contribution in [1.29, 1.82) is 0 Å². The molecule has 1 saturated heterocycles. The number of benzene rings is 2. The number of aliphatic hydroxyl groups is 2. The van der Waals surface area contributed by atoms with E-state index in [4.69, 9.17) is 4.74 Å². The topological polar surface area (TPSA) is 136 Å². The van der Waals surface area contributed by atoms with Crippen LogP contribution in [0.2, 0.25) is 0 Å². The second-order valence-electron chi connectivity index (χ2n) is 8.35. The molecule has 1 aliphatic carbocycles. The Hall–Kier alpha value is -3.43. The number of carboxylic acids is 1. The maximum absolute atomic E-state index is 12.3. The highest BCUT2D eigenvalue weighted by Gasteiger charge is 2.39. The van der Waals surface area contributed by atoms with E-state index < -0.39 is 36.2 Å². The molecule has 2 aromatic carbocycles. The molecule has 2 aliphatic rings. The first-order valence-electron chi connectivity index (χ1n) is 10.8. The van der Waals surface area contributed by atoms with Crippen LogP contribution in [0.5, 0.6) is 0 Å². The number of ether oxygens (including phenoxy) is 1. The smallest absolute Gasteiger partial charge is 0.407 e. The lowest BCUT2D eigenvalue weighted by Crippen LogP contribution is -2.43. The monoisotopic (exact) mass is 454 g/mol. The third kappa shape index (κ3) is 4.84. The van der Waals surface area contributed by atoms with Crippen LogP contribution in [-0.2, 0) is 14.3 Å². The number of β-amino-alcohol motifs (C(OH)–C–C–N with tert-alkyl or cyclic N) is 1. The summed E-state index contributed by atoms with van der Waals surface area (Å²) in [6.07, 6.45) is -3.27. The number of aliphatic hydroxyl groups excluding tert-OH is 2. The fraction of sp³-hybridized carbons (Fsp3) is 0.375. The molecule has 1 aliphatic heterocycles. The van der Waals surface area contributed by atoms with Crippen LogP contribution in [0.15, 0.2) is 48.5 Å². The van der Waals surface area contributed by atoms with E-state index in [1.54, 1.807) is 0 Å². The SMILES string of the molecule is O=C(NCC(O)CC(=O)N1CC(O)CC1C(=O)O)OCC1c2ccccc2-c2ccccc21. The molecule has 1 fully saturated rings. The molecule has 2 aromatic rings. The average molecular weight is 454 g/mol. The van der Waals surface area contributed by atoms with Gasteiger partial charge in [0.1, 0.15) is 12.6 Å². The van der Waals surface area contributed by atoms with Crippen LogP contribution in [0.3, 0.4) is 0 Å². The summed E-state index contributed by atoms with van der Waals surface area (Å²) in [6.45, 7) is -0.195. The second kappa shape index (κ2) is 9.60. The summed E-state index contributed by atoms with van der Waals surface area (Å²) in [7, 11) is 0. The Morgan fingerprint density at radius 1 is 1.06 bits per heavy atom. The van der Waals surface area contributed by atoms with Gasteiger partial charge in [-0.1, -0.05) is 48.5 Å². The van der Waals surface area contributed by atoms with Crippen LogP contribution in [0.4, 0.5) is 4.79 Å². The molecule has 9 heteroatoms. The first kappa shape index (κ1) is 22.8. The van der Waals surface area contributed by atoms with Crippen LogP contribution in [-0.4, -0.2) is 76.1 Å². The molecule has 4 rings (SSSR count). The minimum absolute atomic E-state index is 0.0465. The van der Waals surface area contributed by atoms with Crippen molar-refractivity contribution in [1.82, 2.24) is 10.2 Å². The van der Waals surface area contributed by atoms with E-state index in [-0.39, 0.29) is 38.5 Å². The van der Waals surface area contributed by atoms with Crippen LogP contribution in [0.25, 0.3) is 11.1 Å². The fourth-order valence-electron chi connectivity index (χ4n) is 4.57. The zero-order valence-corrected chi connectivity index (χ0v) is 17.9. The fourth-order valence-corrected chi connectivity index (χ4v) is 4.57. The molecule has 0 saturated carbocycles. The number of likely N-dealkylation sites (tertiary alicyclic amines) is 1. The Bertz CT molecular complexity index is 1010. The van der Waals surface area contributed by atoms with E-state index in [9.17, 15) is 29.7 Å². The Balaban J connectivity index is 1.27. The highest BCUT2D eigenvalue weighted by atomic mass is 16.5. The second-order valence-corrected chi connectivity index (χ2v) is 8.35. The van der Waals surface area contributed by atoms with Gasteiger partial charge in [-0.25, -0.2) is 9.59 Å². The molecule has 1 heterocycles. The molecule has 0 bridgehead atoms. The number of aliphatic carboxylic acids is 1. The molecule has 3 atom stereocenters. The predicted molar refractivity (Wildman–Crippen MR) is 117 cm³/mol. The summed E-state index contributed by atoms with van der Waals surface area (Å²) in [4.78, 5) is 36.8. The molecule has 0 spiro atoms. The molecule has 2 amide bonds. The summed E-state index contributed by atoms with van der Waals surface area (Å²) in [5.41, 5.74) is 4.39. The number of nitrogens with one attached hydrogen (secondary N) is 1. The van der Waals surface area contributed by atoms with Gasteiger partial charge in [0.2, 0.25) is 5.91 Å². The van der Waals surface area contributed by atoms with Gasteiger partial charge < -0.3 is 30.3 Å². The number of carboxylic acid groups (broad SMARTS) is 1. The summed E-state index contributed by atoms with van der Waals surface area (Å²) in [5, 5.41) is 31.4. The van der Waals surface area contributed by atoms with Gasteiger partial charge in [0.05, 0.1) is 18.6 Å². The van der Waals surface area contributed by atoms with Crippen LogP contribution in [0.1, 0.15) is 29.9 Å². The van der Waals surface area contributed by atoms with Crippen molar-refractivity contribution in [3.63, 3.8) is 0 Å². The van der Waals surface area contributed by atoms with Gasteiger partial charge in [-0.05, 0) is 22.3 Å². The van der Waals surface area contributed by atoms with Gasteiger partial charge in [0.25, 0.3) is 0 Å². The van der Waals surface area contributed by atoms with E-state index in [1.807, 2.05) is 48.5 Å². The van der Waals surface area contributed by atoms with E-state index in [0.717, 1.165) is 27.2 Å². The molecular formula is C24H26N2O7. The first-order chi connectivity index (χ1) is 15.8. The Labute approximate surface area is 190 Å². The van der Waals surface area contributed by atoms with Crippen molar-refractivity contribution < 1.29 is 34.4 Å². The summed E-state index contributed by atoms with van der Waals surface area (Å²) in [6, 6.07) is 14.8. The number of nitrogens with zero attached hydrogens (tertiary/aromatic N) is 1. The van der Waals surface area contributed by atoms with Gasteiger partial charge in [0.15, 0.2) is 0 Å².